The fraction of sp³-hybridized carbons (Fsp3) is 0.333. The molecule has 0 radical (unpaired) electrons. The molecule has 3 aromatic rings. The van der Waals surface area contributed by atoms with Gasteiger partial charge in [-0.15, -0.1) is 21.5 Å². The van der Waals surface area contributed by atoms with Crippen molar-refractivity contribution in [3.8, 4) is 10.8 Å². The zero-order valence-corrected chi connectivity index (χ0v) is 14.5. The molecule has 1 aliphatic carbocycles. The first-order valence-corrected chi connectivity index (χ1v) is 9.25. The third kappa shape index (κ3) is 3.96. The Balaban J connectivity index is 1.51. The second-order valence-corrected chi connectivity index (χ2v) is 7.85. The lowest BCUT2D eigenvalue weighted by atomic mass is 10.4. The van der Waals surface area contributed by atoms with E-state index in [4.69, 9.17) is 4.42 Å². The minimum Gasteiger partial charge on any atom is -0.414 e. The van der Waals surface area contributed by atoms with E-state index in [2.05, 4.69) is 24.5 Å². The van der Waals surface area contributed by atoms with Gasteiger partial charge in [-0.05, 0) is 36.9 Å². The van der Waals surface area contributed by atoms with Crippen LogP contribution in [0, 0.1) is 0 Å². The van der Waals surface area contributed by atoms with Crippen molar-refractivity contribution < 1.29 is 13.2 Å². The standard InChI is InChI=1S/C15H13F2N5OS2/c16-13(17)15-21-20-14(23-15)11-7-19-12(24-11)8-22(25-10-3-4-10)9-2-1-5-18-6-9/h1-2,5-7,10,13H,3-4,8H2. The monoisotopic (exact) mass is 381 g/mol. The molecule has 0 aliphatic heterocycles. The zero-order valence-electron chi connectivity index (χ0n) is 12.9. The quantitative estimate of drug-likeness (QED) is 0.564. The van der Waals surface area contributed by atoms with Crippen LogP contribution in [0.2, 0.25) is 0 Å². The third-order valence-corrected chi connectivity index (χ3v) is 5.74. The van der Waals surface area contributed by atoms with Crippen molar-refractivity contribution in [2.75, 3.05) is 4.31 Å². The minimum atomic E-state index is -2.77. The molecule has 0 bridgehead atoms. The van der Waals surface area contributed by atoms with Gasteiger partial charge in [0.2, 0.25) is 0 Å². The first-order chi connectivity index (χ1) is 12.2. The molecule has 0 amide bonds. The van der Waals surface area contributed by atoms with Gasteiger partial charge in [0.15, 0.2) is 0 Å². The molecule has 0 aromatic carbocycles. The smallest absolute Gasteiger partial charge is 0.314 e. The SMILES string of the molecule is FC(F)c1nnc(-c2cnc(CN(SC3CC3)c3cccnc3)s2)o1. The highest BCUT2D eigenvalue weighted by molar-refractivity contribution is 8.01. The van der Waals surface area contributed by atoms with Gasteiger partial charge < -0.3 is 8.72 Å². The van der Waals surface area contributed by atoms with Crippen LogP contribution in [0.4, 0.5) is 14.5 Å². The van der Waals surface area contributed by atoms with E-state index in [0.717, 1.165) is 10.7 Å². The molecule has 10 heteroatoms. The maximum Gasteiger partial charge on any atom is 0.314 e. The topological polar surface area (TPSA) is 67.9 Å². The van der Waals surface area contributed by atoms with Crippen LogP contribution in [0.15, 0.2) is 35.1 Å². The van der Waals surface area contributed by atoms with Crippen LogP contribution in [0.1, 0.15) is 30.2 Å². The Morgan fingerprint density at radius 3 is 2.88 bits per heavy atom. The van der Waals surface area contributed by atoms with Gasteiger partial charge in [-0.25, -0.2) is 4.98 Å². The molecular weight excluding hydrogens is 368 g/mol. The van der Waals surface area contributed by atoms with E-state index in [1.165, 1.54) is 24.2 Å². The normalized spacial score (nSPS) is 14.2. The highest BCUT2D eigenvalue weighted by Gasteiger charge is 2.27. The number of thiazole rings is 1. The Labute approximate surface area is 150 Å². The predicted molar refractivity (Wildman–Crippen MR) is 91.4 cm³/mol. The molecule has 1 fully saturated rings. The molecule has 4 rings (SSSR count). The summed E-state index contributed by atoms with van der Waals surface area (Å²) in [5.74, 6) is -0.604. The van der Waals surface area contributed by atoms with Crippen molar-refractivity contribution in [2.24, 2.45) is 0 Å². The molecule has 0 atom stereocenters. The number of hydrogen-bond acceptors (Lipinski definition) is 8. The Morgan fingerprint density at radius 2 is 2.20 bits per heavy atom. The number of halogens is 2. The van der Waals surface area contributed by atoms with E-state index in [-0.39, 0.29) is 5.89 Å². The Morgan fingerprint density at radius 1 is 1.32 bits per heavy atom. The number of anilines is 1. The van der Waals surface area contributed by atoms with E-state index < -0.39 is 12.3 Å². The number of rotatable bonds is 7. The molecular formula is C15H13F2N5OS2. The van der Waals surface area contributed by atoms with Crippen LogP contribution in [-0.2, 0) is 6.54 Å². The fourth-order valence-corrected chi connectivity index (χ4v) is 4.11. The second-order valence-electron chi connectivity index (χ2n) is 5.42. The summed E-state index contributed by atoms with van der Waals surface area (Å²) in [6.07, 6.45) is 4.78. The molecule has 1 saturated carbocycles. The van der Waals surface area contributed by atoms with Gasteiger partial charge in [0.1, 0.15) is 9.88 Å². The first-order valence-electron chi connectivity index (χ1n) is 7.60. The third-order valence-electron chi connectivity index (χ3n) is 3.41. The van der Waals surface area contributed by atoms with E-state index in [1.807, 2.05) is 18.3 Å². The predicted octanol–water partition coefficient (Wildman–Crippen LogP) is 4.34. The maximum absolute atomic E-state index is 12.6. The molecule has 0 saturated heterocycles. The lowest BCUT2D eigenvalue weighted by Gasteiger charge is -2.21. The molecule has 25 heavy (non-hydrogen) atoms. The lowest BCUT2D eigenvalue weighted by Crippen LogP contribution is -2.14. The van der Waals surface area contributed by atoms with Gasteiger partial charge in [0.25, 0.3) is 11.8 Å². The van der Waals surface area contributed by atoms with E-state index in [1.54, 1.807) is 24.3 Å². The van der Waals surface area contributed by atoms with Crippen molar-refractivity contribution in [3.05, 3.63) is 41.6 Å². The number of aromatic nitrogens is 4. The van der Waals surface area contributed by atoms with E-state index in [9.17, 15) is 8.78 Å². The van der Waals surface area contributed by atoms with E-state index in [0.29, 0.717) is 16.7 Å². The van der Waals surface area contributed by atoms with Crippen molar-refractivity contribution in [2.45, 2.75) is 31.1 Å². The van der Waals surface area contributed by atoms with Crippen molar-refractivity contribution in [3.63, 3.8) is 0 Å². The molecule has 1 aliphatic rings. The Hall–Kier alpha value is -2.07. The number of hydrogen-bond donors (Lipinski definition) is 0. The lowest BCUT2D eigenvalue weighted by molar-refractivity contribution is 0.116. The van der Waals surface area contributed by atoms with Crippen LogP contribution in [0.25, 0.3) is 10.8 Å². The maximum atomic E-state index is 12.6. The average molecular weight is 381 g/mol. The summed E-state index contributed by atoms with van der Waals surface area (Å²) in [6.45, 7) is 0.591. The molecule has 3 heterocycles. The van der Waals surface area contributed by atoms with Crippen LogP contribution < -0.4 is 4.31 Å². The highest BCUT2D eigenvalue weighted by atomic mass is 32.2. The summed E-state index contributed by atoms with van der Waals surface area (Å²) in [6, 6.07) is 3.90. The molecule has 130 valence electrons. The number of alkyl halides is 2. The van der Waals surface area contributed by atoms with Crippen molar-refractivity contribution in [1.82, 2.24) is 20.2 Å². The second kappa shape index (κ2) is 7.04. The summed E-state index contributed by atoms with van der Waals surface area (Å²) >= 11 is 3.13. The number of nitrogens with zero attached hydrogens (tertiary/aromatic N) is 5. The Bertz CT molecular complexity index is 837. The molecule has 0 N–H and O–H groups in total. The van der Waals surface area contributed by atoms with Gasteiger partial charge in [0, 0.05) is 11.4 Å². The van der Waals surface area contributed by atoms with Gasteiger partial charge in [-0.1, -0.05) is 0 Å². The molecule has 0 spiro atoms. The van der Waals surface area contributed by atoms with Crippen molar-refractivity contribution in [1.29, 1.82) is 0 Å². The summed E-state index contributed by atoms with van der Waals surface area (Å²) in [4.78, 5) is 9.12. The Kier molecular flexibility index (Phi) is 4.62. The van der Waals surface area contributed by atoms with Crippen LogP contribution in [0.5, 0.6) is 0 Å². The summed E-state index contributed by atoms with van der Waals surface area (Å²) in [7, 11) is 0. The number of pyridine rings is 1. The van der Waals surface area contributed by atoms with Gasteiger partial charge >= 0.3 is 6.43 Å². The molecule has 3 aromatic heterocycles. The van der Waals surface area contributed by atoms with Crippen LogP contribution >= 0.6 is 23.3 Å². The summed E-state index contributed by atoms with van der Waals surface area (Å²) in [5, 5.41) is 8.47. The van der Waals surface area contributed by atoms with E-state index >= 15 is 0 Å². The van der Waals surface area contributed by atoms with Gasteiger partial charge in [-0.2, -0.15) is 8.78 Å². The minimum absolute atomic E-state index is 0.0711. The summed E-state index contributed by atoms with van der Waals surface area (Å²) in [5.41, 5.74) is 1.01. The fourth-order valence-electron chi connectivity index (χ4n) is 2.07. The van der Waals surface area contributed by atoms with Crippen LogP contribution in [-0.4, -0.2) is 25.4 Å². The van der Waals surface area contributed by atoms with Gasteiger partial charge in [0.05, 0.1) is 24.6 Å². The largest absolute Gasteiger partial charge is 0.414 e. The van der Waals surface area contributed by atoms with Gasteiger partial charge in [-0.3, -0.25) is 4.98 Å². The van der Waals surface area contributed by atoms with Crippen molar-refractivity contribution >= 4 is 29.0 Å². The molecule has 0 unspecified atom stereocenters. The first kappa shape index (κ1) is 16.4. The summed E-state index contributed by atoms with van der Waals surface area (Å²) < 4.78 is 32.3. The zero-order chi connectivity index (χ0) is 17.2. The van der Waals surface area contributed by atoms with Crippen LogP contribution in [0.3, 0.4) is 0 Å². The molecule has 6 nitrogen and oxygen atoms in total. The average Bonchev–Trinajstić information content (AvgIpc) is 3.11. The highest BCUT2D eigenvalue weighted by Crippen LogP contribution is 2.40.